The smallest absolute Gasteiger partial charge is 0.0934 e. The number of rotatable bonds is 22. The highest BCUT2D eigenvalue weighted by Gasteiger charge is 2.25. The Bertz CT molecular complexity index is 4270. The van der Waals surface area contributed by atoms with Gasteiger partial charge < -0.3 is 38.0 Å². The Morgan fingerprint density at radius 3 is 0.692 bits per heavy atom. The SMILES string of the molecule is OC(COC(Cn1c2ccc(Br)cc2c2cc(Br)ccc21)Cn1c2ccc(Br)cc2c2cc(Br)ccc21)CSc1ccc(Sc2ccc(SCC(O)COC(Cn3c4ccc(Br)cc4c4cc(Br)ccc43)Cn3c4ccc(Br)cc4c4cc(Br)ccc43)cc2)cc1. The summed E-state index contributed by atoms with van der Waals surface area (Å²) in [6.45, 7) is 2.66. The van der Waals surface area contributed by atoms with E-state index in [0.717, 1.165) is 143 Å². The van der Waals surface area contributed by atoms with Gasteiger partial charge in [0.15, 0.2) is 0 Å². The standard InChI is InChI=1S/C72H54Br8N4O4S3/c73-41-1-17-65-57(25-41)58-26-42(74)2-18-66(58)81(65)33-51(34-82-67-19-3-43(75)27-59(67)60-28-44(76)4-20-68(60)82)87-37-49(85)39-89-53-9-13-55(14-10-53)91-56-15-11-54(12-16-56)90-40-50(86)38-88-52(35-83-69-21-5-45(77)29-61(69)62-30-46(78)6-22-70(62)83)36-84-71-23-7-47(79)31-63(71)64-32-48(80)8-24-72(64)84/h1-32,49-52,85-86H,33-40H2. The van der Waals surface area contributed by atoms with Crippen LogP contribution in [-0.4, -0.2) is 77.6 Å². The molecular weight excluding hydrogens is 1720 g/mol. The van der Waals surface area contributed by atoms with Gasteiger partial charge in [-0.3, -0.25) is 0 Å². The lowest BCUT2D eigenvalue weighted by Gasteiger charge is -2.23. The third-order valence-electron chi connectivity index (χ3n) is 16.5. The van der Waals surface area contributed by atoms with Crippen LogP contribution in [0.5, 0.6) is 0 Å². The van der Waals surface area contributed by atoms with Crippen molar-refractivity contribution >= 4 is 250 Å². The molecule has 0 fully saturated rings. The first kappa shape index (κ1) is 64.5. The van der Waals surface area contributed by atoms with E-state index < -0.39 is 12.2 Å². The van der Waals surface area contributed by atoms with Crippen LogP contribution in [0.15, 0.2) is 249 Å². The van der Waals surface area contributed by atoms with E-state index in [1.165, 1.54) is 0 Å². The minimum atomic E-state index is -0.703. The van der Waals surface area contributed by atoms with Gasteiger partial charge in [0, 0.05) is 154 Å². The van der Waals surface area contributed by atoms with Gasteiger partial charge in [0.25, 0.3) is 0 Å². The zero-order valence-corrected chi connectivity index (χ0v) is 63.3. The molecule has 4 heterocycles. The first-order chi connectivity index (χ1) is 44.1. The number of aliphatic hydroxyl groups is 2. The molecule has 91 heavy (non-hydrogen) atoms. The summed E-state index contributed by atoms with van der Waals surface area (Å²) < 4.78 is 31.4. The van der Waals surface area contributed by atoms with Crippen LogP contribution >= 0.6 is 163 Å². The zero-order valence-electron chi connectivity index (χ0n) is 48.2. The molecule has 0 saturated heterocycles. The zero-order chi connectivity index (χ0) is 62.6. The van der Waals surface area contributed by atoms with Crippen molar-refractivity contribution in [2.24, 2.45) is 0 Å². The minimum absolute atomic E-state index is 0.180. The van der Waals surface area contributed by atoms with Crippen molar-refractivity contribution in [1.82, 2.24) is 18.3 Å². The van der Waals surface area contributed by atoms with Crippen molar-refractivity contribution in [3.8, 4) is 0 Å². The molecule has 460 valence electrons. The Morgan fingerprint density at radius 2 is 0.484 bits per heavy atom. The van der Waals surface area contributed by atoms with Gasteiger partial charge in [0.1, 0.15) is 0 Å². The van der Waals surface area contributed by atoms with E-state index in [0.29, 0.717) is 37.7 Å². The van der Waals surface area contributed by atoms with Gasteiger partial charge in [-0.2, -0.15) is 0 Å². The quantitative estimate of drug-likeness (QED) is 0.0655. The molecule has 14 aromatic rings. The van der Waals surface area contributed by atoms with Crippen LogP contribution in [0.3, 0.4) is 0 Å². The predicted octanol–water partition coefficient (Wildman–Crippen LogP) is 22.8. The molecule has 19 heteroatoms. The largest absolute Gasteiger partial charge is 0.390 e. The van der Waals surface area contributed by atoms with E-state index >= 15 is 0 Å². The maximum atomic E-state index is 11.6. The molecule has 0 aliphatic carbocycles. The van der Waals surface area contributed by atoms with Gasteiger partial charge in [-0.25, -0.2) is 0 Å². The summed E-state index contributed by atoms with van der Waals surface area (Å²) in [5.41, 5.74) is 8.99. The summed E-state index contributed by atoms with van der Waals surface area (Å²) in [5.74, 6) is 0.960. The number of thioether (sulfide) groups is 2. The van der Waals surface area contributed by atoms with E-state index in [1.54, 1.807) is 35.3 Å². The average molecular weight is 1770 g/mol. The first-order valence-electron chi connectivity index (χ1n) is 29.3. The van der Waals surface area contributed by atoms with Crippen LogP contribution in [0.2, 0.25) is 0 Å². The maximum Gasteiger partial charge on any atom is 0.0934 e. The highest BCUT2D eigenvalue weighted by atomic mass is 79.9. The average Bonchev–Trinajstić information content (AvgIpc) is 2.10. The number of ether oxygens (including phenoxy) is 2. The van der Waals surface area contributed by atoms with Crippen molar-refractivity contribution in [3.05, 3.63) is 230 Å². The molecule has 0 bridgehead atoms. The monoisotopic (exact) mass is 1770 g/mol. The first-order valence-corrected chi connectivity index (χ1v) is 38.5. The van der Waals surface area contributed by atoms with Gasteiger partial charge in [0.05, 0.1) is 63.8 Å². The number of halogens is 8. The second kappa shape index (κ2) is 28.1. The van der Waals surface area contributed by atoms with Gasteiger partial charge in [-0.1, -0.05) is 139 Å². The topological polar surface area (TPSA) is 78.6 Å². The molecule has 0 aliphatic rings. The van der Waals surface area contributed by atoms with Crippen molar-refractivity contribution < 1.29 is 19.7 Å². The fraction of sp³-hybridized carbons (Fsp3) is 0.167. The molecule has 10 aromatic carbocycles. The highest BCUT2D eigenvalue weighted by molar-refractivity contribution is 9.11. The molecule has 4 aromatic heterocycles. The lowest BCUT2D eigenvalue weighted by molar-refractivity contribution is -0.0139. The van der Waals surface area contributed by atoms with E-state index in [9.17, 15) is 10.2 Å². The third kappa shape index (κ3) is 14.1. The molecule has 0 radical (unpaired) electrons. The Morgan fingerprint density at radius 1 is 0.286 bits per heavy atom. The Kier molecular flexibility index (Phi) is 19.9. The summed E-state index contributed by atoms with van der Waals surface area (Å²) in [7, 11) is 0. The van der Waals surface area contributed by atoms with Crippen molar-refractivity contribution in [2.45, 2.75) is 70.2 Å². The van der Waals surface area contributed by atoms with Crippen LogP contribution in [0.4, 0.5) is 0 Å². The van der Waals surface area contributed by atoms with Crippen LogP contribution in [0, 0.1) is 0 Å². The molecule has 0 spiro atoms. The molecule has 2 N–H and O–H groups in total. The number of aliphatic hydroxyl groups excluding tert-OH is 2. The normalized spacial score (nSPS) is 13.0. The van der Waals surface area contributed by atoms with E-state index in [1.807, 2.05) is 0 Å². The van der Waals surface area contributed by atoms with Gasteiger partial charge >= 0.3 is 0 Å². The molecule has 8 nitrogen and oxygen atoms in total. The molecule has 0 aliphatic heterocycles. The second-order valence-corrected chi connectivity index (χ2v) is 33.3. The van der Waals surface area contributed by atoms with Crippen molar-refractivity contribution in [2.75, 3.05) is 24.7 Å². The number of nitrogens with zero attached hydrogens (tertiary/aromatic N) is 4. The Hall–Kier alpha value is -3.87. The third-order valence-corrected chi connectivity index (χ3v) is 23.8. The van der Waals surface area contributed by atoms with Crippen LogP contribution in [0.25, 0.3) is 87.2 Å². The number of aromatic nitrogens is 4. The van der Waals surface area contributed by atoms with Crippen LogP contribution in [-0.2, 0) is 35.7 Å². The minimum Gasteiger partial charge on any atom is -0.390 e. The molecule has 0 saturated carbocycles. The fourth-order valence-corrected chi connectivity index (χ4v) is 17.8. The lowest BCUT2D eigenvalue weighted by Crippen LogP contribution is -2.30. The number of hydrogen-bond donors (Lipinski definition) is 2. The summed E-state index contributed by atoms with van der Waals surface area (Å²) >= 11 is 34.8. The summed E-state index contributed by atoms with van der Waals surface area (Å²) in [4.78, 5) is 4.40. The molecule has 14 rings (SSSR count). The summed E-state index contributed by atoms with van der Waals surface area (Å²) in [6, 6.07) is 68.7. The van der Waals surface area contributed by atoms with Crippen LogP contribution < -0.4 is 0 Å². The van der Waals surface area contributed by atoms with E-state index in [4.69, 9.17) is 9.47 Å². The molecule has 2 atom stereocenters. The highest BCUT2D eigenvalue weighted by Crippen LogP contribution is 2.40. The predicted molar refractivity (Wildman–Crippen MR) is 409 cm³/mol. The summed E-state index contributed by atoms with van der Waals surface area (Å²) in [5, 5.41) is 32.6. The van der Waals surface area contributed by atoms with E-state index in [-0.39, 0.29) is 25.4 Å². The number of fused-ring (bicyclic) bond motifs is 12. The van der Waals surface area contributed by atoms with E-state index in [2.05, 4.69) is 340 Å². The summed E-state index contributed by atoms with van der Waals surface area (Å²) in [6.07, 6.45) is -1.99. The number of hydrogen-bond acceptors (Lipinski definition) is 7. The van der Waals surface area contributed by atoms with Crippen molar-refractivity contribution in [3.63, 3.8) is 0 Å². The Balaban J connectivity index is 0.614. The van der Waals surface area contributed by atoms with Crippen LogP contribution in [0.1, 0.15) is 0 Å². The van der Waals surface area contributed by atoms with Gasteiger partial charge in [0.2, 0.25) is 0 Å². The Labute approximate surface area is 605 Å². The molecule has 0 amide bonds. The lowest BCUT2D eigenvalue weighted by atomic mass is 10.2. The number of benzene rings is 10. The van der Waals surface area contributed by atoms with Crippen molar-refractivity contribution in [1.29, 1.82) is 0 Å². The molecular formula is C72H54Br8N4O4S3. The maximum absolute atomic E-state index is 11.6. The second-order valence-electron chi connectivity index (χ2n) is 22.6. The van der Waals surface area contributed by atoms with Gasteiger partial charge in [-0.05, 0) is 194 Å². The molecule has 2 unspecified atom stereocenters. The van der Waals surface area contributed by atoms with Gasteiger partial charge in [-0.15, -0.1) is 23.5 Å². The fourth-order valence-electron chi connectivity index (χ4n) is 12.4.